The predicted molar refractivity (Wildman–Crippen MR) is 111 cm³/mol. The Kier molecular flexibility index (Phi) is 6.12. The summed E-state index contributed by atoms with van der Waals surface area (Å²) in [4.78, 5) is 4.43. The van der Waals surface area contributed by atoms with Gasteiger partial charge in [0.25, 0.3) is 0 Å². The van der Waals surface area contributed by atoms with Gasteiger partial charge in [-0.25, -0.2) is 0 Å². The zero-order chi connectivity index (χ0) is 17.1. The monoisotopic (exact) mass is 367 g/mol. The predicted octanol–water partition coefficient (Wildman–Crippen LogP) is 6.26. The van der Waals surface area contributed by atoms with E-state index in [1.54, 1.807) is 0 Å². The molecule has 4 heteroatoms. The molecule has 0 spiro atoms. The molecule has 1 aliphatic carbocycles. The number of nitrogens with one attached hydrogen (secondary N) is 1. The van der Waals surface area contributed by atoms with Crippen molar-refractivity contribution in [2.75, 3.05) is 5.32 Å². The first-order chi connectivity index (χ1) is 12.3. The maximum atomic E-state index is 6.09. The van der Waals surface area contributed by atoms with Crippen LogP contribution in [-0.4, -0.2) is 11.0 Å². The fraction of sp³-hybridized carbons (Fsp3) is 0.318. The van der Waals surface area contributed by atoms with Crippen molar-refractivity contribution in [2.24, 2.45) is 5.92 Å². The topological polar surface area (TPSA) is 59.9 Å². The average Bonchev–Trinajstić information content (AvgIpc) is 2.64. The van der Waals surface area contributed by atoms with Crippen molar-refractivity contribution in [3.63, 3.8) is 0 Å². The van der Waals surface area contributed by atoms with Gasteiger partial charge in [0.1, 0.15) is 0 Å². The van der Waals surface area contributed by atoms with Crippen LogP contribution < -0.4 is 11.5 Å². The molecule has 1 fully saturated rings. The lowest BCUT2D eigenvalue weighted by Gasteiger charge is -2.30. The smallest absolute Gasteiger partial charge is 0.0737 e. The van der Waals surface area contributed by atoms with Crippen LogP contribution in [0.1, 0.15) is 31.2 Å². The van der Waals surface area contributed by atoms with Crippen LogP contribution in [0.25, 0.3) is 10.9 Å². The summed E-state index contributed by atoms with van der Waals surface area (Å²) in [5.74, 6) is 0.813. The fourth-order valence-corrected chi connectivity index (χ4v) is 4.09. The standard InChI is InChI=1S/C22H23ClN2.H3N/c23-18-8-11-20-21(12-13-24-22(20)15-18)25-19-9-6-17(7-10-19)14-16-4-2-1-3-5-16;/h1-5,8,11-13,15,17,19H,6-7,9-10,14H2,(H,24,25);1H3. The minimum absolute atomic E-state index is 0. The molecule has 0 saturated heterocycles. The van der Waals surface area contributed by atoms with Gasteiger partial charge in [0.15, 0.2) is 0 Å². The summed E-state index contributed by atoms with van der Waals surface area (Å²) in [5, 5.41) is 5.63. The van der Waals surface area contributed by atoms with Crippen molar-refractivity contribution >= 4 is 28.2 Å². The Balaban J connectivity index is 0.00000196. The normalized spacial score (nSPS) is 19.7. The molecule has 1 saturated carbocycles. The first-order valence-electron chi connectivity index (χ1n) is 9.12. The minimum Gasteiger partial charge on any atom is -0.382 e. The number of hydrogen-bond acceptors (Lipinski definition) is 3. The molecule has 0 atom stereocenters. The highest BCUT2D eigenvalue weighted by molar-refractivity contribution is 6.31. The van der Waals surface area contributed by atoms with Crippen molar-refractivity contribution in [3.05, 3.63) is 71.4 Å². The Morgan fingerprint density at radius 3 is 2.50 bits per heavy atom. The van der Waals surface area contributed by atoms with Crippen LogP contribution in [0.4, 0.5) is 5.69 Å². The van der Waals surface area contributed by atoms with E-state index in [1.165, 1.54) is 43.4 Å². The highest BCUT2D eigenvalue weighted by atomic mass is 35.5. The molecular weight excluding hydrogens is 342 g/mol. The summed E-state index contributed by atoms with van der Waals surface area (Å²) in [6.45, 7) is 0. The lowest BCUT2D eigenvalue weighted by Crippen LogP contribution is -2.27. The van der Waals surface area contributed by atoms with E-state index in [0.29, 0.717) is 6.04 Å². The molecule has 2 aromatic carbocycles. The third-order valence-electron chi connectivity index (χ3n) is 5.28. The number of anilines is 1. The maximum Gasteiger partial charge on any atom is 0.0737 e. The second kappa shape index (κ2) is 8.52. The van der Waals surface area contributed by atoms with Crippen molar-refractivity contribution in [1.82, 2.24) is 11.1 Å². The Morgan fingerprint density at radius 2 is 1.73 bits per heavy atom. The van der Waals surface area contributed by atoms with Gasteiger partial charge in [0, 0.05) is 28.3 Å². The third-order valence-corrected chi connectivity index (χ3v) is 5.51. The minimum atomic E-state index is 0. The molecule has 1 heterocycles. The van der Waals surface area contributed by atoms with E-state index in [0.717, 1.165) is 21.8 Å². The molecule has 4 N–H and O–H groups in total. The number of fused-ring (bicyclic) bond motifs is 1. The molecule has 0 amide bonds. The maximum absolute atomic E-state index is 6.09. The lowest BCUT2D eigenvalue weighted by molar-refractivity contribution is 0.336. The molecule has 4 rings (SSSR count). The van der Waals surface area contributed by atoms with Crippen LogP contribution in [0.15, 0.2) is 60.8 Å². The van der Waals surface area contributed by atoms with Gasteiger partial charge in [-0.15, -0.1) is 0 Å². The van der Waals surface area contributed by atoms with Crippen molar-refractivity contribution in [3.8, 4) is 0 Å². The summed E-state index contributed by atoms with van der Waals surface area (Å²) in [5.41, 5.74) is 3.60. The van der Waals surface area contributed by atoms with Crippen molar-refractivity contribution in [2.45, 2.75) is 38.1 Å². The van der Waals surface area contributed by atoms with Crippen molar-refractivity contribution in [1.29, 1.82) is 0 Å². The lowest BCUT2D eigenvalue weighted by atomic mass is 9.82. The molecule has 136 valence electrons. The molecule has 0 radical (unpaired) electrons. The largest absolute Gasteiger partial charge is 0.382 e. The summed E-state index contributed by atoms with van der Waals surface area (Å²) in [6, 6.07) is 19.4. The van der Waals surface area contributed by atoms with Gasteiger partial charge < -0.3 is 11.5 Å². The summed E-state index contributed by atoms with van der Waals surface area (Å²) in [7, 11) is 0. The van der Waals surface area contributed by atoms with Crippen LogP contribution in [0.5, 0.6) is 0 Å². The second-order valence-electron chi connectivity index (χ2n) is 7.07. The van der Waals surface area contributed by atoms with Crippen LogP contribution in [0, 0.1) is 5.92 Å². The molecular formula is C22H26ClN3. The van der Waals surface area contributed by atoms with Gasteiger partial charge in [-0.2, -0.15) is 0 Å². The molecule has 1 aliphatic rings. The Labute approximate surface area is 160 Å². The van der Waals surface area contributed by atoms with E-state index in [-0.39, 0.29) is 6.15 Å². The molecule has 26 heavy (non-hydrogen) atoms. The van der Waals surface area contributed by atoms with E-state index in [9.17, 15) is 0 Å². The number of rotatable bonds is 4. The highest BCUT2D eigenvalue weighted by Crippen LogP contribution is 2.31. The summed E-state index contributed by atoms with van der Waals surface area (Å²) < 4.78 is 0. The molecule has 0 unspecified atom stereocenters. The SMILES string of the molecule is Clc1ccc2c(NC3CCC(Cc4ccccc4)CC3)ccnc2c1.N. The van der Waals surface area contributed by atoms with Gasteiger partial charge >= 0.3 is 0 Å². The molecule has 3 aromatic rings. The summed E-state index contributed by atoms with van der Waals surface area (Å²) in [6.07, 6.45) is 8.12. The van der Waals surface area contributed by atoms with E-state index in [4.69, 9.17) is 11.6 Å². The zero-order valence-electron chi connectivity index (χ0n) is 15.0. The zero-order valence-corrected chi connectivity index (χ0v) is 15.8. The molecule has 0 bridgehead atoms. The number of benzene rings is 2. The first-order valence-corrected chi connectivity index (χ1v) is 9.50. The number of hydrogen-bond donors (Lipinski definition) is 2. The second-order valence-corrected chi connectivity index (χ2v) is 7.51. The van der Waals surface area contributed by atoms with Crippen molar-refractivity contribution < 1.29 is 0 Å². The van der Waals surface area contributed by atoms with Gasteiger partial charge in [0.2, 0.25) is 0 Å². The van der Waals surface area contributed by atoms with Gasteiger partial charge in [0.05, 0.1) is 5.52 Å². The summed E-state index contributed by atoms with van der Waals surface area (Å²) >= 11 is 6.09. The number of halogens is 1. The van der Waals surface area contributed by atoms with E-state index in [1.807, 2.05) is 18.3 Å². The van der Waals surface area contributed by atoms with E-state index in [2.05, 4.69) is 52.8 Å². The average molecular weight is 368 g/mol. The fourth-order valence-electron chi connectivity index (χ4n) is 3.93. The number of pyridine rings is 1. The Bertz CT molecular complexity index is 842. The van der Waals surface area contributed by atoms with Crippen LogP contribution in [0.3, 0.4) is 0 Å². The first kappa shape index (κ1) is 18.7. The Hall–Kier alpha value is -2.10. The van der Waals surface area contributed by atoms with Crippen LogP contribution in [0.2, 0.25) is 5.02 Å². The van der Waals surface area contributed by atoms with Gasteiger partial charge in [-0.05, 0) is 67.9 Å². The van der Waals surface area contributed by atoms with Crippen LogP contribution >= 0.6 is 11.6 Å². The molecule has 3 nitrogen and oxygen atoms in total. The quantitative estimate of drug-likeness (QED) is 0.571. The highest BCUT2D eigenvalue weighted by Gasteiger charge is 2.21. The van der Waals surface area contributed by atoms with E-state index < -0.39 is 0 Å². The Morgan fingerprint density at radius 1 is 0.962 bits per heavy atom. The number of aromatic nitrogens is 1. The van der Waals surface area contributed by atoms with Gasteiger partial charge in [-0.3, -0.25) is 4.98 Å². The van der Waals surface area contributed by atoms with Gasteiger partial charge in [-0.1, -0.05) is 41.9 Å². The molecule has 1 aromatic heterocycles. The van der Waals surface area contributed by atoms with Crippen LogP contribution in [-0.2, 0) is 6.42 Å². The third kappa shape index (κ3) is 4.35. The van der Waals surface area contributed by atoms with E-state index >= 15 is 0 Å². The molecule has 0 aliphatic heterocycles. The number of nitrogens with zero attached hydrogens (tertiary/aromatic N) is 1.